The number of aliphatic hydroxyl groups is 1. The standard InChI is InChI=1S/C24H28Cl2N4O3/c1-16-6-4-12-29(15-16)13-5-11-27-22(31)24(33)18-7-2-3-8-21(18)28-23(32)30(24)17-9-10-19(25)20(26)14-17/h2-3,7-10,14,16,33H,4-6,11-13,15H2,1H3,(H,27,31)(H,28,32)/t16-,24+/m1/s1. The van der Waals surface area contributed by atoms with Crippen LogP contribution in [0.1, 0.15) is 31.7 Å². The highest BCUT2D eigenvalue weighted by molar-refractivity contribution is 6.42. The second-order valence-corrected chi connectivity index (χ2v) is 9.55. The predicted molar refractivity (Wildman–Crippen MR) is 131 cm³/mol. The molecule has 176 valence electrons. The summed E-state index contributed by atoms with van der Waals surface area (Å²) in [7, 11) is 0. The predicted octanol–water partition coefficient (Wildman–Crippen LogP) is 4.43. The summed E-state index contributed by atoms with van der Waals surface area (Å²) < 4.78 is 0. The number of benzene rings is 2. The van der Waals surface area contributed by atoms with Gasteiger partial charge in [0.2, 0.25) is 0 Å². The Kier molecular flexibility index (Phi) is 7.14. The van der Waals surface area contributed by atoms with Gasteiger partial charge in [0.05, 0.1) is 21.4 Å². The lowest BCUT2D eigenvalue weighted by molar-refractivity contribution is -0.140. The molecule has 3 N–H and O–H groups in total. The lowest BCUT2D eigenvalue weighted by Crippen LogP contribution is -2.62. The normalized spacial score (nSPS) is 23.1. The molecule has 7 nitrogen and oxygen atoms in total. The maximum atomic E-state index is 13.4. The van der Waals surface area contributed by atoms with Gasteiger partial charge in [0, 0.05) is 18.7 Å². The van der Waals surface area contributed by atoms with Crippen LogP contribution in [0, 0.1) is 5.92 Å². The van der Waals surface area contributed by atoms with Gasteiger partial charge in [-0.2, -0.15) is 0 Å². The zero-order valence-electron chi connectivity index (χ0n) is 18.5. The largest absolute Gasteiger partial charge is 0.359 e. The van der Waals surface area contributed by atoms with E-state index in [1.54, 1.807) is 24.3 Å². The number of halogens is 2. The van der Waals surface area contributed by atoms with E-state index < -0.39 is 17.7 Å². The van der Waals surface area contributed by atoms with E-state index in [4.69, 9.17) is 23.2 Å². The van der Waals surface area contributed by atoms with E-state index in [2.05, 4.69) is 22.5 Å². The maximum absolute atomic E-state index is 13.4. The number of amides is 3. The van der Waals surface area contributed by atoms with Crippen LogP contribution in [0.15, 0.2) is 42.5 Å². The monoisotopic (exact) mass is 490 g/mol. The van der Waals surface area contributed by atoms with E-state index in [-0.39, 0.29) is 16.3 Å². The topological polar surface area (TPSA) is 84.9 Å². The zero-order chi connectivity index (χ0) is 23.6. The van der Waals surface area contributed by atoms with Crippen molar-refractivity contribution in [3.05, 3.63) is 58.1 Å². The van der Waals surface area contributed by atoms with Gasteiger partial charge < -0.3 is 20.6 Å². The fraction of sp³-hybridized carbons (Fsp3) is 0.417. The Labute approximate surface area is 203 Å². The fourth-order valence-corrected chi connectivity index (χ4v) is 4.90. The van der Waals surface area contributed by atoms with Crippen LogP contribution in [0.25, 0.3) is 0 Å². The van der Waals surface area contributed by atoms with Crippen LogP contribution < -0.4 is 15.5 Å². The highest BCUT2D eigenvalue weighted by atomic mass is 35.5. The molecule has 9 heteroatoms. The highest BCUT2D eigenvalue weighted by Gasteiger charge is 2.51. The van der Waals surface area contributed by atoms with Gasteiger partial charge in [-0.15, -0.1) is 0 Å². The molecular weight excluding hydrogens is 463 g/mol. The minimum atomic E-state index is -2.25. The molecule has 0 unspecified atom stereocenters. The van der Waals surface area contributed by atoms with E-state index in [1.165, 1.54) is 31.0 Å². The van der Waals surface area contributed by atoms with Gasteiger partial charge in [-0.25, -0.2) is 4.79 Å². The van der Waals surface area contributed by atoms with Gasteiger partial charge >= 0.3 is 6.03 Å². The van der Waals surface area contributed by atoms with E-state index >= 15 is 0 Å². The third-order valence-electron chi connectivity index (χ3n) is 6.23. The Hall–Kier alpha value is -2.32. The summed E-state index contributed by atoms with van der Waals surface area (Å²) in [5.74, 6) is 0.00829. The van der Waals surface area contributed by atoms with Crippen LogP contribution >= 0.6 is 23.2 Å². The molecule has 2 atom stereocenters. The second kappa shape index (κ2) is 9.89. The van der Waals surface area contributed by atoms with Crippen molar-refractivity contribution < 1.29 is 14.7 Å². The van der Waals surface area contributed by atoms with Crippen molar-refractivity contribution in [3.63, 3.8) is 0 Å². The summed E-state index contributed by atoms with van der Waals surface area (Å²) in [6.45, 7) is 5.64. The minimum absolute atomic E-state index is 0.208. The summed E-state index contributed by atoms with van der Waals surface area (Å²) in [6.07, 6.45) is 3.19. The molecule has 0 aliphatic carbocycles. The number of rotatable bonds is 6. The number of piperidine rings is 1. The molecule has 0 spiro atoms. The Bertz CT molecular complexity index is 1050. The van der Waals surface area contributed by atoms with Crippen LogP contribution in [-0.2, 0) is 10.5 Å². The Balaban J connectivity index is 1.56. The number of fused-ring (bicyclic) bond motifs is 1. The number of likely N-dealkylation sites (tertiary alicyclic amines) is 1. The number of carbonyl (C=O) groups excluding carboxylic acids is 2. The van der Waals surface area contributed by atoms with Crippen LogP contribution in [0.2, 0.25) is 10.0 Å². The summed E-state index contributed by atoms with van der Waals surface area (Å²) in [5, 5.41) is 17.9. The van der Waals surface area contributed by atoms with E-state index in [0.717, 1.165) is 31.0 Å². The van der Waals surface area contributed by atoms with E-state index in [0.29, 0.717) is 23.2 Å². The first-order valence-corrected chi connectivity index (χ1v) is 11.9. The van der Waals surface area contributed by atoms with Gasteiger partial charge in [0.15, 0.2) is 0 Å². The number of carbonyl (C=O) groups is 2. The highest BCUT2D eigenvalue weighted by Crippen LogP contribution is 2.41. The molecule has 1 fully saturated rings. The SMILES string of the molecule is C[C@@H]1CCCN(CCCNC(=O)[C@@]2(O)c3ccccc3NC(=O)N2c2ccc(Cl)c(Cl)c2)C1. The molecule has 33 heavy (non-hydrogen) atoms. The van der Waals surface area contributed by atoms with E-state index in [9.17, 15) is 14.7 Å². The number of hydrogen-bond donors (Lipinski definition) is 3. The van der Waals surface area contributed by atoms with Crippen molar-refractivity contribution >= 4 is 46.5 Å². The van der Waals surface area contributed by atoms with Crippen LogP contribution in [-0.4, -0.2) is 48.1 Å². The number of nitrogens with zero attached hydrogens (tertiary/aromatic N) is 2. The third kappa shape index (κ3) is 4.82. The first-order valence-electron chi connectivity index (χ1n) is 11.2. The number of hydrogen-bond acceptors (Lipinski definition) is 4. The first kappa shape index (κ1) is 23.8. The third-order valence-corrected chi connectivity index (χ3v) is 6.97. The van der Waals surface area contributed by atoms with Crippen LogP contribution in [0.4, 0.5) is 16.2 Å². The van der Waals surface area contributed by atoms with Gasteiger partial charge in [0.25, 0.3) is 11.6 Å². The molecule has 3 amide bonds. The summed E-state index contributed by atoms with van der Waals surface area (Å²) >= 11 is 12.2. The van der Waals surface area contributed by atoms with Crippen molar-refractivity contribution in [2.75, 3.05) is 36.4 Å². The number of urea groups is 1. The number of nitrogens with one attached hydrogen (secondary N) is 2. The molecule has 2 heterocycles. The van der Waals surface area contributed by atoms with Crippen LogP contribution in [0.5, 0.6) is 0 Å². The quantitative estimate of drug-likeness (QED) is 0.522. The van der Waals surface area contributed by atoms with Gasteiger partial charge in [-0.1, -0.05) is 48.3 Å². The van der Waals surface area contributed by atoms with Crippen LogP contribution in [0.3, 0.4) is 0 Å². The van der Waals surface area contributed by atoms with Gasteiger partial charge in [-0.3, -0.25) is 9.69 Å². The Morgan fingerprint density at radius 3 is 2.79 bits per heavy atom. The lowest BCUT2D eigenvalue weighted by atomic mass is 9.94. The van der Waals surface area contributed by atoms with E-state index in [1.807, 2.05) is 0 Å². The van der Waals surface area contributed by atoms with Gasteiger partial charge in [-0.05, 0) is 62.5 Å². The number of anilines is 2. The zero-order valence-corrected chi connectivity index (χ0v) is 20.0. The summed E-state index contributed by atoms with van der Waals surface area (Å²) in [6, 6.07) is 10.6. The van der Waals surface area contributed by atoms with Crippen molar-refractivity contribution in [2.45, 2.75) is 31.9 Å². The molecule has 0 bridgehead atoms. The Morgan fingerprint density at radius 2 is 2.03 bits per heavy atom. The molecule has 0 radical (unpaired) electrons. The van der Waals surface area contributed by atoms with Crippen molar-refractivity contribution in [3.8, 4) is 0 Å². The molecule has 1 saturated heterocycles. The molecule has 2 aromatic carbocycles. The molecule has 4 rings (SSSR count). The average Bonchev–Trinajstić information content (AvgIpc) is 2.79. The second-order valence-electron chi connectivity index (χ2n) is 8.74. The molecule has 0 saturated carbocycles. The first-order chi connectivity index (χ1) is 15.8. The summed E-state index contributed by atoms with van der Waals surface area (Å²) in [5.41, 5.74) is -1.36. The van der Waals surface area contributed by atoms with Crippen molar-refractivity contribution in [1.82, 2.24) is 10.2 Å². The smallest absolute Gasteiger partial charge is 0.329 e. The fourth-order valence-electron chi connectivity index (χ4n) is 4.60. The minimum Gasteiger partial charge on any atom is -0.359 e. The molecule has 2 aromatic rings. The Morgan fingerprint density at radius 1 is 1.24 bits per heavy atom. The van der Waals surface area contributed by atoms with Gasteiger partial charge in [0.1, 0.15) is 0 Å². The summed E-state index contributed by atoms with van der Waals surface area (Å²) in [4.78, 5) is 29.9. The van der Waals surface area contributed by atoms with Crippen molar-refractivity contribution in [1.29, 1.82) is 0 Å². The lowest BCUT2D eigenvalue weighted by Gasteiger charge is -2.42. The molecule has 2 aliphatic rings. The average molecular weight is 491 g/mol. The maximum Gasteiger partial charge on any atom is 0.329 e. The van der Waals surface area contributed by atoms with Crippen molar-refractivity contribution in [2.24, 2.45) is 5.92 Å². The molecule has 0 aromatic heterocycles. The molecular formula is C24H28Cl2N4O3. The number of para-hydroxylation sites is 1. The molecule has 2 aliphatic heterocycles.